The van der Waals surface area contributed by atoms with Crippen molar-refractivity contribution < 1.29 is 17.9 Å². The zero-order valence-corrected chi connectivity index (χ0v) is 11.2. The minimum absolute atomic E-state index is 0.0164. The first-order valence-corrected chi connectivity index (χ1v) is 6.03. The zero-order chi connectivity index (χ0) is 14.5. The lowest BCUT2D eigenvalue weighted by molar-refractivity contribution is -0.134. The van der Waals surface area contributed by atoms with Crippen LogP contribution in [0.1, 0.15) is 18.4 Å². The fraction of sp³-hybridized carbons (Fsp3) is 0.417. The van der Waals surface area contributed by atoms with E-state index in [4.69, 9.17) is 22.7 Å². The molecular weight excluding hydrogens is 277 g/mol. The molecule has 19 heavy (non-hydrogen) atoms. The van der Waals surface area contributed by atoms with Crippen LogP contribution in [0, 0.1) is 0 Å². The fourth-order valence-corrected chi connectivity index (χ4v) is 1.70. The maximum absolute atomic E-state index is 12.0. The molecule has 0 unspecified atom stereocenters. The minimum Gasteiger partial charge on any atom is -0.497 e. The Bertz CT molecular complexity index is 449. The summed E-state index contributed by atoms with van der Waals surface area (Å²) >= 11 is 4.88. The van der Waals surface area contributed by atoms with Gasteiger partial charge in [0.2, 0.25) is 0 Å². The van der Waals surface area contributed by atoms with E-state index in [-0.39, 0.29) is 18.0 Å². The molecule has 0 aliphatic carbocycles. The van der Waals surface area contributed by atoms with E-state index in [1.165, 1.54) is 7.11 Å². The Morgan fingerprint density at radius 1 is 1.42 bits per heavy atom. The highest BCUT2D eigenvalue weighted by Gasteiger charge is 2.25. The first kappa shape index (κ1) is 15.6. The summed E-state index contributed by atoms with van der Waals surface area (Å²) in [5.74, 6) is 0.582. The van der Waals surface area contributed by atoms with Gasteiger partial charge in [-0.2, -0.15) is 13.2 Å². The highest BCUT2D eigenvalue weighted by atomic mass is 32.1. The Balaban J connectivity index is 2.67. The Kier molecular flexibility index (Phi) is 5.41. The molecule has 0 fully saturated rings. The van der Waals surface area contributed by atoms with Crippen molar-refractivity contribution in [3.05, 3.63) is 23.8 Å². The lowest BCUT2D eigenvalue weighted by atomic mass is 10.1. The number of thiocarbonyl (C=S) groups is 1. The summed E-state index contributed by atoms with van der Waals surface area (Å²) in [6, 6.07) is 5.02. The molecule has 0 atom stereocenters. The number of nitrogens with two attached hydrogens (primary N) is 1. The van der Waals surface area contributed by atoms with Gasteiger partial charge in [-0.1, -0.05) is 12.2 Å². The van der Waals surface area contributed by atoms with Gasteiger partial charge in [-0.25, -0.2) is 0 Å². The van der Waals surface area contributed by atoms with Crippen molar-refractivity contribution in [1.29, 1.82) is 0 Å². The molecule has 0 radical (unpaired) electrons. The topological polar surface area (TPSA) is 47.3 Å². The van der Waals surface area contributed by atoms with Gasteiger partial charge in [-0.3, -0.25) is 0 Å². The van der Waals surface area contributed by atoms with E-state index in [1.54, 1.807) is 18.2 Å². The molecule has 0 aliphatic heterocycles. The molecule has 0 spiro atoms. The van der Waals surface area contributed by atoms with Crippen molar-refractivity contribution in [2.24, 2.45) is 5.73 Å². The van der Waals surface area contributed by atoms with Gasteiger partial charge in [0.05, 0.1) is 7.11 Å². The van der Waals surface area contributed by atoms with E-state index >= 15 is 0 Å². The molecule has 106 valence electrons. The summed E-state index contributed by atoms with van der Waals surface area (Å²) < 4.78 is 41.1. The second kappa shape index (κ2) is 6.60. The number of anilines is 1. The predicted molar refractivity (Wildman–Crippen MR) is 72.7 cm³/mol. The Hall–Kier alpha value is -1.50. The molecule has 0 saturated heterocycles. The van der Waals surface area contributed by atoms with Crippen LogP contribution in [0.2, 0.25) is 0 Å². The van der Waals surface area contributed by atoms with E-state index in [9.17, 15) is 13.2 Å². The summed E-state index contributed by atoms with van der Waals surface area (Å²) in [6.45, 7) is 0.183. The van der Waals surface area contributed by atoms with Crippen LogP contribution in [-0.2, 0) is 0 Å². The minimum atomic E-state index is -4.14. The monoisotopic (exact) mass is 292 g/mol. The van der Waals surface area contributed by atoms with Crippen LogP contribution < -0.4 is 15.8 Å². The number of nitrogens with one attached hydrogen (secondary N) is 1. The van der Waals surface area contributed by atoms with Crippen LogP contribution in [0.5, 0.6) is 5.75 Å². The third-order valence-corrected chi connectivity index (χ3v) is 2.66. The first-order chi connectivity index (χ1) is 8.83. The number of methoxy groups -OCH3 is 1. The van der Waals surface area contributed by atoms with E-state index in [1.807, 2.05) is 0 Å². The Morgan fingerprint density at radius 2 is 2.11 bits per heavy atom. The summed E-state index contributed by atoms with van der Waals surface area (Å²) in [5.41, 5.74) is 6.71. The maximum atomic E-state index is 12.0. The summed E-state index contributed by atoms with van der Waals surface area (Å²) in [4.78, 5) is 0.181. The molecular formula is C12H15F3N2OS. The van der Waals surface area contributed by atoms with Gasteiger partial charge in [0.15, 0.2) is 0 Å². The van der Waals surface area contributed by atoms with E-state index < -0.39 is 12.6 Å². The number of rotatable bonds is 6. The summed E-state index contributed by atoms with van der Waals surface area (Å²) in [7, 11) is 1.50. The number of alkyl halides is 3. The lowest BCUT2D eigenvalue weighted by Gasteiger charge is -2.13. The molecule has 1 rings (SSSR count). The maximum Gasteiger partial charge on any atom is 0.389 e. The summed E-state index contributed by atoms with van der Waals surface area (Å²) in [5, 5.41) is 2.89. The van der Waals surface area contributed by atoms with Crippen LogP contribution in [0.4, 0.5) is 18.9 Å². The third kappa shape index (κ3) is 5.34. The first-order valence-electron chi connectivity index (χ1n) is 5.62. The van der Waals surface area contributed by atoms with Crippen LogP contribution in [0.15, 0.2) is 18.2 Å². The standard InChI is InChI=1S/C12H15F3N2OS/c1-18-8-3-4-9(11(16)19)10(7-8)17-6-2-5-12(13,14)15/h3-4,7,17H,2,5-6H2,1H3,(H2,16,19). The predicted octanol–water partition coefficient (Wildman–Crippen LogP) is 3.08. The van der Waals surface area contributed by atoms with Crippen LogP contribution >= 0.6 is 12.2 Å². The number of benzene rings is 1. The van der Waals surface area contributed by atoms with Gasteiger partial charge in [0.25, 0.3) is 0 Å². The van der Waals surface area contributed by atoms with Gasteiger partial charge in [-0.15, -0.1) is 0 Å². The van der Waals surface area contributed by atoms with E-state index in [0.717, 1.165) is 0 Å². The highest BCUT2D eigenvalue weighted by Crippen LogP contribution is 2.24. The molecule has 0 saturated carbocycles. The average molecular weight is 292 g/mol. The van der Waals surface area contributed by atoms with Crippen molar-refractivity contribution in [1.82, 2.24) is 0 Å². The highest BCUT2D eigenvalue weighted by molar-refractivity contribution is 7.80. The van der Waals surface area contributed by atoms with Crippen molar-refractivity contribution in [2.75, 3.05) is 19.0 Å². The molecule has 0 aliphatic rings. The quantitative estimate of drug-likeness (QED) is 0.625. The van der Waals surface area contributed by atoms with Gasteiger partial charge >= 0.3 is 6.18 Å². The largest absolute Gasteiger partial charge is 0.497 e. The number of hydrogen-bond donors (Lipinski definition) is 2. The molecule has 3 nitrogen and oxygen atoms in total. The molecule has 7 heteroatoms. The second-order valence-corrected chi connectivity index (χ2v) is 4.36. The average Bonchev–Trinajstić information content (AvgIpc) is 2.33. The zero-order valence-electron chi connectivity index (χ0n) is 10.4. The van der Waals surface area contributed by atoms with Gasteiger partial charge in [-0.05, 0) is 18.6 Å². The molecule has 1 aromatic rings. The third-order valence-electron chi connectivity index (χ3n) is 2.44. The van der Waals surface area contributed by atoms with Gasteiger partial charge in [0.1, 0.15) is 10.7 Å². The molecule has 0 amide bonds. The smallest absolute Gasteiger partial charge is 0.389 e. The molecule has 3 N–H and O–H groups in total. The number of hydrogen-bond acceptors (Lipinski definition) is 3. The summed E-state index contributed by atoms with van der Waals surface area (Å²) in [6.07, 6.45) is -4.98. The van der Waals surface area contributed by atoms with Gasteiger partial charge < -0.3 is 15.8 Å². The molecule has 1 aromatic carbocycles. The van der Waals surface area contributed by atoms with Crippen molar-refractivity contribution in [3.8, 4) is 5.75 Å². The van der Waals surface area contributed by atoms with Gasteiger partial charge in [0, 0.05) is 30.3 Å². The Morgan fingerprint density at radius 3 is 2.63 bits per heavy atom. The lowest BCUT2D eigenvalue weighted by Crippen LogP contribution is -2.15. The van der Waals surface area contributed by atoms with Crippen LogP contribution in [-0.4, -0.2) is 24.8 Å². The second-order valence-electron chi connectivity index (χ2n) is 3.92. The van der Waals surface area contributed by atoms with Crippen molar-refractivity contribution in [2.45, 2.75) is 19.0 Å². The normalized spacial score (nSPS) is 11.2. The number of halogens is 3. The van der Waals surface area contributed by atoms with Crippen LogP contribution in [0.3, 0.4) is 0 Å². The van der Waals surface area contributed by atoms with E-state index in [0.29, 0.717) is 17.0 Å². The fourth-order valence-electron chi connectivity index (χ4n) is 1.52. The SMILES string of the molecule is COc1ccc(C(N)=S)c(NCCCC(F)(F)F)c1. The molecule has 0 heterocycles. The van der Waals surface area contributed by atoms with Crippen molar-refractivity contribution in [3.63, 3.8) is 0 Å². The number of ether oxygens (including phenoxy) is 1. The Labute approximate surface area is 114 Å². The molecule has 0 aromatic heterocycles. The molecule has 0 bridgehead atoms. The van der Waals surface area contributed by atoms with Crippen LogP contribution in [0.25, 0.3) is 0 Å². The van der Waals surface area contributed by atoms with E-state index in [2.05, 4.69) is 5.32 Å². The van der Waals surface area contributed by atoms with Crippen molar-refractivity contribution >= 4 is 22.9 Å².